The van der Waals surface area contributed by atoms with Crippen LogP contribution in [0.25, 0.3) is 0 Å². The van der Waals surface area contributed by atoms with Crippen LogP contribution in [0.1, 0.15) is 78.1 Å². The van der Waals surface area contributed by atoms with Gasteiger partial charge in [0.05, 0.1) is 12.0 Å². The molecule has 0 aromatic heterocycles. The summed E-state index contributed by atoms with van der Waals surface area (Å²) in [6.07, 6.45) is 6.67. The number of carbonyl (C=O) groups excluding carboxylic acids is 2. The molecule has 0 aromatic rings. The molecule has 7 heteroatoms. The second-order valence-corrected chi connectivity index (χ2v) is 6.65. The third-order valence-electron chi connectivity index (χ3n) is 3.92. The molecular weight excluding hydrogens is 312 g/mol. The highest BCUT2D eigenvalue weighted by atomic mass is 16.4. The number of unbranched alkanes of at least 4 members (excludes halogenated alkanes) is 5. The van der Waals surface area contributed by atoms with Crippen molar-refractivity contribution >= 4 is 17.8 Å². The number of hydrogen-bond donors (Lipinski definition) is 4. The SMILES string of the molecule is CCCCCCCCC(C)(O)CC(=O)N[C@@H](CCC(N)=O)C(=O)O. The number of carbonyl (C=O) groups is 3. The van der Waals surface area contributed by atoms with Gasteiger partial charge in [-0.1, -0.05) is 45.4 Å². The quantitative estimate of drug-likeness (QED) is 0.356. The fraction of sp³-hybridized carbons (Fsp3) is 0.824. The molecule has 0 rings (SSSR count). The van der Waals surface area contributed by atoms with Crippen LogP contribution >= 0.6 is 0 Å². The molecule has 1 unspecified atom stereocenters. The zero-order valence-corrected chi connectivity index (χ0v) is 14.8. The monoisotopic (exact) mass is 344 g/mol. The Morgan fingerprint density at radius 3 is 2.25 bits per heavy atom. The number of carboxylic acids is 1. The Morgan fingerprint density at radius 2 is 1.71 bits per heavy atom. The van der Waals surface area contributed by atoms with Crippen molar-refractivity contribution in [2.24, 2.45) is 5.73 Å². The van der Waals surface area contributed by atoms with E-state index in [4.69, 9.17) is 10.8 Å². The number of nitrogens with one attached hydrogen (secondary N) is 1. The van der Waals surface area contributed by atoms with Crippen LogP contribution in [0.4, 0.5) is 0 Å². The van der Waals surface area contributed by atoms with Gasteiger partial charge in [0.2, 0.25) is 11.8 Å². The summed E-state index contributed by atoms with van der Waals surface area (Å²) in [4.78, 5) is 33.8. The van der Waals surface area contributed by atoms with Crippen LogP contribution in [-0.4, -0.2) is 39.6 Å². The Bertz CT molecular complexity index is 410. The van der Waals surface area contributed by atoms with Gasteiger partial charge in [0.25, 0.3) is 0 Å². The molecule has 7 nitrogen and oxygen atoms in total. The van der Waals surface area contributed by atoms with E-state index in [1.165, 1.54) is 19.3 Å². The van der Waals surface area contributed by atoms with Crippen molar-refractivity contribution in [3.8, 4) is 0 Å². The summed E-state index contributed by atoms with van der Waals surface area (Å²) in [5.74, 6) is -2.38. The Kier molecular flexibility index (Phi) is 11.0. The first-order chi connectivity index (χ1) is 11.2. The zero-order valence-electron chi connectivity index (χ0n) is 14.8. The maximum atomic E-state index is 11.9. The van der Waals surface area contributed by atoms with E-state index in [1.807, 2.05) is 0 Å². The zero-order chi connectivity index (χ0) is 18.6. The predicted octanol–water partition coefficient (Wildman–Crippen LogP) is 1.71. The first kappa shape index (κ1) is 22.4. The van der Waals surface area contributed by atoms with Crippen LogP contribution in [0, 0.1) is 0 Å². The average Bonchev–Trinajstić information content (AvgIpc) is 2.46. The van der Waals surface area contributed by atoms with E-state index in [2.05, 4.69) is 12.2 Å². The van der Waals surface area contributed by atoms with Crippen LogP contribution in [0.15, 0.2) is 0 Å². The second kappa shape index (κ2) is 11.8. The lowest BCUT2D eigenvalue weighted by molar-refractivity contribution is -0.143. The van der Waals surface area contributed by atoms with E-state index in [0.717, 1.165) is 19.3 Å². The second-order valence-electron chi connectivity index (χ2n) is 6.65. The number of carboxylic acid groups (broad SMARTS) is 1. The van der Waals surface area contributed by atoms with Gasteiger partial charge in [-0.3, -0.25) is 9.59 Å². The molecule has 0 fully saturated rings. The molecule has 0 heterocycles. The summed E-state index contributed by atoms with van der Waals surface area (Å²) in [5, 5.41) is 21.7. The number of nitrogens with two attached hydrogens (primary N) is 1. The molecule has 0 aliphatic heterocycles. The molecule has 0 spiro atoms. The van der Waals surface area contributed by atoms with E-state index in [1.54, 1.807) is 6.92 Å². The highest BCUT2D eigenvalue weighted by Crippen LogP contribution is 2.19. The third kappa shape index (κ3) is 11.9. The van der Waals surface area contributed by atoms with E-state index < -0.39 is 29.4 Å². The molecule has 0 saturated heterocycles. The Labute approximate surface area is 144 Å². The number of primary amides is 1. The lowest BCUT2D eigenvalue weighted by atomic mass is 9.93. The molecule has 0 aromatic carbocycles. The summed E-state index contributed by atoms with van der Waals surface area (Å²) in [6, 6.07) is -1.17. The minimum Gasteiger partial charge on any atom is -0.480 e. The molecule has 2 atom stereocenters. The summed E-state index contributed by atoms with van der Waals surface area (Å²) in [6.45, 7) is 3.73. The molecular formula is C17H32N2O5. The van der Waals surface area contributed by atoms with Gasteiger partial charge in [0.1, 0.15) is 6.04 Å². The normalized spacial score (nSPS) is 14.6. The van der Waals surface area contributed by atoms with Gasteiger partial charge < -0.3 is 21.3 Å². The molecule has 0 bridgehead atoms. The predicted molar refractivity (Wildman–Crippen MR) is 91.2 cm³/mol. The van der Waals surface area contributed by atoms with Crippen molar-refractivity contribution in [1.82, 2.24) is 5.32 Å². The van der Waals surface area contributed by atoms with Crippen LogP contribution in [0.2, 0.25) is 0 Å². The number of aliphatic hydroxyl groups is 1. The Hall–Kier alpha value is -1.63. The van der Waals surface area contributed by atoms with Crippen molar-refractivity contribution in [3.05, 3.63) is 0 Å². The van der Waals surface area contributed by atoms with Gasteiger partial charge in [0.15, 0.2) is 0 Å². The van der Waals surface area contributed by atoms with Crippen LogP contribution in [-0.2, 0) is 14.4 Å². The van der Waals surface area contributed by atoms with E-state index in [-0.39, 0.29) is 19.3 Å². The Morgan fingerprint density at radius 1 is 1.12 bits per heavy atom. The van der Waals surface area contributed by atoms with Crippen LogP contribution in [0.3, 0.4) is 0 Å². The Balaban J connectivity index is 4.19. The molecule has 5 N–H and O–H groups in total. The van der Waals surface area contributed by atoms with Gasteiger partial charge in [-0.05, 0) is 19.8 Å². The third-order valence-corrected chi connectivity index (χ3v) is 3.92. The lowest BCUT2D eigenvalue weighted by Gasteiger charge is -2.24. The molecule has 2 amide bonds. The molecule has 24 heavy (non-hydrogen) atoms. The first-order valence-corrected chi connectivity index (χ1v) is 8.71. The summed E-state index contributed by atoms with van der Waals surface area (Å²) >= 11 is 0. The molecule has 0 aliphatic carbocycles. The fourth-order valence-electron chi connectivity index (χ4n) is 2.51. The van der Waals surface area contributed by atoms with Gasteiger partial charge in [-0.15, -0.1) is 0 Å². The highest BCUT2D eigenvalue weighted by Gasteiger charge is 2.27. The maximum Gasteiger partial charge on any atom is 0.326 e. The van der Waals surface area contributed by atoms with Gasteiger partial charge >= 0.3 is 5.97 Å². The highest BCUT2D eigenvalue weighted by molar-refractivity contribution is 5.84. The lowest BCUT2D eigenvalue weighted by Crippen LogP contribution is -2.44. The van der Waals surface area contributed by atoms with Crippen molar-refractivity contribution in [1.29, 1.82) is 0 Å². The van der Waals surface area contributed by atoms with Crippen LogP contribution < -0.4 is 11.1 Å². The van der Waals surface area contributed by atoms with Crippen molar-refractivity contribution in [2.45, 2.75) is 89.7 Å². The van der Waals surface area contributed by atoms with Crippen molar-refractivity contribution in [2.75, 3.05) is 0 Å². The number of aliphatic carboxylic acids is 1. The van der Waals surface area contributed by atoms with Crippen molar-refractivity contribution < 1.29 is 24.6 Å². The summed E-state index contributed by atoms with van der Waals surface area (Å²) in [5.41, 5.74) is 3.82. The standard InChI is InChI=1S/C17H32N2O5/c1-3-4-5-6-7-8-11-17(2,24)12-15(21)19-13(16(22)23)9-10-14(18)20/h13,24H,3-12H2,1-2H3,(H2,18,20)(H,19,21)(H,22,23)/t13-,17?/m0/s1. The van der Waals surface area contributed by atoms with E-state index in [9.17, 15) is 19.5 Å². The van der Waals surface area contributed by atoms with Gasteiger partial charge in [-0.2, -0.15) is 0 Å². The number of rotatable bonds is 14. The molecule has 140 valence electrons. The summed E-state index contributed by atoms with van der Waals surface area (Å²) < 4.78 is 0. The summed E-state index contributed by atoms with van der Waals surface area (Å²) in [7, 11) is 0. The van der Waals surface area contributed by atoms with Crippen molar-refractivity contribution in [3.63, 3.8) is 0 Å². The molecule has 0 aliphatic rings. The molecule has 0 saturated carbocycles. The molecule has 0 radical (unpaired) electrons. The van der Waals surface area contributed by atoms with Gasteiger partial charge in [-0.25, -0.2) is 4.79 Å². The smallest absolute Gasteiger partial charge is 0.326 e. The largest absolute Gasteiger partial charge is 0.480 e. The fourth-order valence-corrected chi connectivity index (χ4v) is 2.51. The minimum absolute atomic E-state index is 0.0595. The minimum atomic E-state index is -1.22. The van der Waals surface area contributed by atoms with E-state index in [0.29, 0.717) is 6.42 Å². The number of amides is 2. The average molecular weight is 344 g/mol. The first-order valence-electron chi connectivity index (χ1n) is 8.71. The van der Waals surface area contributed by atoms with Gasteiger partial charge in [0, 0.05) is 6.42 Å². The maximum absolute atomic E-state index is 11.9. The van der Waals surface area contributed by atoms with E-state index >= 15 is 0 Å². The number of hydrogen-bond acceptors (Lipinski definition) is 4. The topological polar surface area (TPSA) is 130 Å². The van der Waals surface area contributed by atoms with Crippen LogP contribution in [0.5, 0.6) is 0 Å².